The van der Waals surface area contributed by atoms with Gasteiger partial charge >= 0.3 is 0 Å². The van der Waals surface area contributed by atoms with E-state index in [-0.39, 0.29) is 5.91 Å². The molecule has 1 aromatic heterocycles. The molecule has 2 heterocycles. The first-order valence-electron chi connectivity index (χ1n) is 5.86. The highest BCUT2D eigenvalue weighted by Crippen LogP contribution is 2.29. The average molecular weight is 264 g/mol. The predicted octanol–water partition coefficient (Wildman–Crippen LogP) is 2.50. The summed E-state index contributed by atoms with van der Waals surface area (Å²) in [6, 6.07) is 5.55. The van der Waals surface area contributed by atoms with Crippen LogP contribution in [0, 0.1) is 16.7 Å². The van der Waals surface area contributed by atoms with Gasteiger partial charge in [-0.05, 0) is 31.9 Å². The van der Waals surface area contributed by atoms with Crippen molar-refractivity contribution >= 4 is 17.5 Å². The predicted molar refractivity (Wildman–Crippen MR) is 68.1 cm³/mol. The molecule has 0 radical (unpaired) electrons. The zero-order valence-corrected chi connectivity index (χ0v) is 10.9. The van der Waals surface area contributed by atoms with E-state index in [1.54, 1.807) is 17.0 Å². The van der Waals surface area contributed by atoms with E-state index in [1.807, 2.05) is 6.92 Å². The number of rotatable bonds is 1. The molecule has 1 amide bonds. The van der Waals surface area contributed by atoms with Gasteiger partial charge in [0.2, 0.25) is 0 Å². The summed E-state index contributed by atoms with van der Waals surface area (Å²) in [4.78, 5) is 17.9. The molecule has 18 heavy (non-hydrogen) atoms. The van der Waals surface area contributed by atoms with Crippen LogP contribution >= 0.6 is 11.6 Å². The number of piperidine rings is 1. The van der Waals surface area contributed by atoms with E-state index in [9.17, 15) is 4.79 Å². The summed E-state index contributed by atoms with van der Waals surface area (Å²) in [5.74, 6) is -0.132. The Morgan fingerprint density at radius 2 is 2.39 bits per heavy atom. The lowest BCUT2D eigenvalue weighted by atomic mass is 9.83. The van der Waals surface area contributed by atoms with E-state index < -0.39 is 5.41 Å². The number of halogens is 1. The van der Waals surface area contributed by atoms with Crippen molar-refractivity contribution in [1.29, 1.82) is 5.26 Å². The number of likely N-dealkylation sites (tertiary alicyclic amines) is 1. The minimum absolute atomic E-state index is 0.132. The molecular weight excluding hydrogens is 250 g/mol. The van der Waals surface area contributed by atoms with E-state index in [1.165, 1.54) is 6.20 Å². The van der Waals surface area contributed by atoms with Crippen LogP contribution in [-0.2, 0) is 0 Å². The van der Waals surface area contributed by atoms with Crippen molar-refractivity contribution in [2.24, 2.45) is 5.41 Å². The minimum atomic E-state index is -0.444. The zero-order chi connectivity index (χ0) is 13.2. The van der Waals surface area contributed by atoms with Crippen LogP contribution in [0.4, 0.5) is 0 Å². The first-order chi connectivity index (χ1) is 8.54. The fourth-order valence-electron chi connectivity index (χ4n) is 2.17. The van der Waals surface area contributed by atoms with Crippen molar-refractivity contribution < 1.29 is 4.79 Å². The lowest BCUT2D eigenvalue weighted by Crippen LogP contribution is -2.44. The van der Waals surface area contributed by atoms with Crippen molar-refractivity contribution in [3.05, 3.63) is 29.0 Å². The van der Waals surface area contributed by atoms with Gasteiger partial charge in [0.1, 0.15) is 5.69 Å². The number of nitriles is 1. The first kappa shape index (κ1) is 12.8. The number of hydrogen-bond acceptors (Lipinski definition) is 3. The zero-order valence-electron chi connectivity index (χ0n) is 10.2. The van der Waals surface area contributed by atoms with Gasteiger partial charge in [-0.3, -0.25) is 4.79 Å². The largest absolute Gasteiger partial charge is 0.336 e. The van der Waals surface area contributed by atoms with Gasteiger partial charge in [0.15, 0.2) is 0 Å². The molecule has 0 aromatic carbocycles. The SMILES string of the molecule is CC1(C#N)CCCN(C(=O)c2ccc(Cl)cn2)C1. The van der Waals surface area contributed by atoms with Crippen molar-refractivity contribution in [3.8, 4) is 6.07 Å². The van der Waals surface area contributed by atoms with Crippen molar-refractivity contribution in [1.82, 2.24) is 9.88 Å². The summed E-state index contributed by atoms with van der Waals surface area (Å²) in [5.41, 5.74) is -0.0676. The molecule has 1 fully saturated rings. The third-order valence-electron chi connectivity index (χ3n) is 3.20. The van der Waals surface area contributed by atoms with Crippen LogP contribution in [0.3, 0.4) is 0 Å². The summed E-state index contributed by atoms with van der Waals surface area (Å²) < 4.78 is 0. The minimum Gasteiger partial charge on any atom is -0.336 e. The van der Waals surface area contributed by atoms with E-state index in [0.29, 0.717) is 23.8 Å². The van der Waals surface area contributed by atoms with Crippen LogP contribution in [0.25, 0.3) is 0 Å². The molecule has 1 aromatic rings. The van der Waals surface area contributed by atoms with E-state index in [2.05, 4.69) is 11.1 Å². The van der Waals surface area contributed by atoms with Gasteiger partial charge in [0, 0.05) is 19.3 Å². The highest BCUT2D eigenvalue weighted by molar-refractivity contribution is 6.30. The Bertz CT molecular complexity index is 494. The van der Waals surface area contributed by atoms with E-state index in [0.717, 1.165) is 12.8 Å². The number of nitrogens with zero attached hydrogens (tertiary/aromatic N) is 3. The summed E-state index contributed by atoms with van der Waals surface area (Å²) in [6.45, 7) is 3.04. The Morgan fingerprint density at radius 1 is 1.61 bits per heavy atom. The number of pyridine rings is 1. The number of hydrogen-bond donors (Lipinski definition) is 0. The van der Waals surface area contributed by atoms with Gasteiger partial charge in [-0.2, -0.15) is 5.26 Å². The first-order valence-corrected chi connectivity index (χ1v) is 6.24. The molecule has 5 heteroatoms. The topological polar surface area (TPSA) is 57.0 Å². The normalized spacial score (nSPS) is 23.5. The molecule has 1 aliphatic heterocycles. The van der Waals surface area contributed by atoms with Crippen LogP contribution in [-0.4, -0.2) is 28.9 Å². The highest BCUT2D eigenvalue weighted by Gasteiger charge is 2.33. The van der Waals surface area contributed by atoms with Crippen LogP contribution in [0.5, 0.6) is 0 Å². The maximum absolute atomic E-state index is 12.2. The Morgan fingerprint density at radius 3 is 3.00 bits per heavy atom. The molecule has 0 N–H and O–H groups in total. The second kappa shape index (κ2) is 4.95. The van der Waals surface area contributed by atoms with Crippen LogP contribution in [0.2, 0.25) is 5.02 Å². The van der Waals surface area contributed by atoms with E-state index in [4.69, 9.17) is 16.9 Å². The molecule has 2 rings (SSSR count). The van der Waals surface area contributed by atoms with Crippen LogP contribution < -0.4 is 0 Å². The molecule has 94 valence electrons. The fourth-order valence-corrected chi connectivity index (χ4v) is 2.28. The maximum Gasteiger partial charge on any atom is 0.272 e. The highest BCUT2D eigenvalue weighted by atomic mass is 35.5. The number of aromatic nitrogens is 1. The van der Waals surface area contributed by atoms with Crippen LogP contribution in [0.15, 0.2) is 18.3 Å². The molecule has 4 nitrogen and oxygen atoms in total. The Kier molecular flexibility index (Phi) is 3.53. The molecule has 1 unspecified atom stereocenters. The average Bonchev–Trinajstić information content (AvgIpc) is 2.39. The van der Waals surface area contributed by atoms with Gasteiger partial charge in [0.25, 0.3) is 5.91 Å². The number of carbonyl (C=O) groups excluding carboxylic acids is 1. The molecule has 1 aliphatic rings. The lowest BCUT2D eigenvalue weighted by Gasteiger charge is -2.35. The second-order valence-electron chi connectivity index (χ2n) is 4.86. The Hall–Kier alpha value is -1.60. The summed E-state index contributed by atoms with van der Waals surface area (Å²) in [5, 5.41) is 9.64. The lowest BCUT2D eigenvalue weighted by molar-refractivity contribution is 0.0624. The molecule has 1 saturated heterocycles. The monoisotopic (exact) mass is 263 g/mol. The third kappa shape index (κ3) is 2.62. The summed E-state index contributed by atoms with van der Waals surface area (Å²) in [6.07, 6.45) is 3.15. The van der Waals surface area contributed by atoms with Crippen molar-refractivity contribution in [2.75, 3.05) is 13.1 Å². The standard InChI is InChI=1S/C13H14ClN3O/c1-13(8-15)5-2-6-17(9-13)12(18)11-4-3-10(14)7-16-11/h3-4,7H,2,5-6,9H2,1H3. The molecule has 0 spiro atoms. The third-order valence-corrected chi connectivity index (χ3v) is 3.42. The molecule has 0 saturated carbocycles. The molecular formula is C13H14ClN3O. The number of carbonyl (C=O) groups is 1. The van der Waals surface area contributed by atoms with Crippen molar-refractivity contribution in [3.63, 3.8) is 0 Å². The van der Waals surface area contributed by atoms with E-state index >= 15 is 0 Å². The quantitative estimate of drug-likeness (QED) is 0.782. The Labute approximate surface area is 111 Å². The fraction of sp³-hybridized carbons (Fsp3) is 0.462. The van der Waals surface area contributed by atoms with Gasteiger partial charge in [-0.1, -0.05) is 11.6 Å². The Balaban J connectivity index is 2.14. The second-order valence-corrected chi connectivity index (χ2v) is 5.30. The molecule has 1 atom stereocenters. The van der Waals surface area contributed by atoms with Crippen molar-refractivity contribution in [2.45, 2.75) is 19.8 Å². The summed E-state index contributed by atoms with van der Waals surface area (Å²) >= 11 is 5.74. The molecule has 0 aliphatic carbocycles. The van der Waals surface area contributed by atoms with Crippen LogP contribution in [0.1, 0.15) is 30.3 Å². The van der Waals surface area contributed by atoms with Gasteiger partial charge < -0.3 is 4.90 Å². The van der Waals surface area contributed by atoms with Gasteiger partial charge in [0.05, 0.1) is 16.5 Å². The van der Waals surface area contributed by atoms with Gasteiger partial charge in [-0.15, -0.1) is 0 Å². The summed E-state index contributed by atoms with van der Waals surface area (Å²) in [7, 11) is 0. The maximum atomic E-state index is 12.2. The van der Waals surface area contributed by atoms with Gasteiger partial charge in [-0.25, -0.2) is 4.98 Å². The number of amides is 1. The molecule has 0 bridgehead atoms. The smallest absolute Gasteiger partial charge is 0.272 e.